The summed E-state index contributed by atoms with van der Waals surface area (Å²) in [5.41, 5.74) is 2.60. The fourth-order valence-electron chi connectivity index (χ4n) is 2.53. The van der Waals surface area contributed by atoms with Crippen molar-refractivity contribution < 1.29 is 44.7 Å². The summed E-state index contributed by atoms with van der Waals surface area (Å²) in [6, 6.07) is 8.79. The molecule has 4 rings (SSSR count). The van der Waals surface area contributed by atoms with E-state index in [1.165, 1.54) is 42.5 Å². The van der Waals surface area contributed by atoms with Crippen LogP contribution >= 0.6 is 7.81 Å². The number of anilines is 1. The number of nitrogens with zero attached hydrogens (tertiary/aromatic N) is 1. The van der Waals surface area contributed by atoms with Crippen molar-refractivity contribution in [3.05, 3.63) is 61.2 Å². The second-order valence-electron chi connectivity index (χ2n) is 5.86. The van der Waals surface area contributed by atoms with Gasteiger partial charge in [-0.15, -0.1) is 0 Å². The van der Waals surface area contributed by atoms with Gasteiger partial charge in [0.1, 0.15) is 0 Å². The smallest absolute Gasteiger partial charge is 0.372 e. The quantitative estimate of drug-likeness (QED) is 0.246. The number of benzene rings is 1. The molecule has 1 N–H and O–H groups in total. The van der Waals surface area contributed by atoms with E-state index in [4.69, 9.17) is 0 Å². The van der Waals surface area contributed by atoms with Crippen LogP contribution in [-0.4, -0.2) is 18.1 Å². The molecule has 2 nitrogen and oxygen atoms in total. The number of halogens is 6. The third-order valence-corrected chi connectivity index (χ3v) is 3.56. The van der Waals surface area contributed by atoms with Gasteiger partial charge < -0.3 is 9.88 Å². The molecule has 1 aromatic carbocycles. The maximum absolute atomic E-state index is 10.7. The molecule has 152 valence electrons. The Bertz CT molecular complexity index is 771. The van der Waals surface area contributed by atoms with Crippen LogP contribution in [0.3, 0.4) is 0 Å². The summed E-state index contributed by atoms with van der Waals surface area (Å²) in [6.45, 7) is 2.44. The summed E-state index contributed by atoms with van der Waals surface area (Å²) in [6.07, 6.45) is 14.7. The van der Waals surface area contributed by atoms with Crippen LogP contribution in [0.4, 0.5) is 30.9 Å². The number of H-pyrrole nitrogens is 1. The first kappa shape index (κ1) is 23.7. The fourth-order valence-corrected chi connectivity index (χ4v) is 2.53. The SMILES string of the molecule is F[P-](F)(F)(F)(F)F.[CH]1C=CC=C1.[Ru+].c1cc2cc(N3CCCC3)ccc2[nH]1. The normalized spacial score (nSPS) is 17.9. The Morgan fingerprint density at radius 1 is 0.815 bits per heavy atom. The van der Waals surface area contributed by atoms with Crippen LogP contribution < -0.4 is 4.90 Å². The topological polar surface area (TPSA) is 19.0 Å². The molecular formula is C17H19F6N2PRu. The first-order valence-corrected chi connectivity index (χ1v) is 9.96. The van der Waals surface area contributed by atoms with Crippen molar-refractivity contribution in [3.8, 4) is 0 Å². The fraction of sp³-hybridized carbons (Fsp3) is 0.235. The average Bonchev–Trinajstić information content (AvgIpc) is 3.25. The number of allylic oxidation sites excluding steroid dienone is 4. The van der Waals surface area contributed by atoms with E-state index in [-0.39, 0.29) is 19.5 Å². The summed E-state index contributed by atoms with van der Waals surface area (Å²) in [7, 11) is -10.7. The molecule has 2 heterocycles. The van der Waals surface area contributed by atoms with Crippen LogP contribution in [0.15, 0.2) is 54.8 Å². The van der Waals surface area contributed by atoms with Crippen LogP contribution in [0.2, 0.25) is 0 Å². The molecule has 0 amide bonds. The average molecular weight is 497 g/mol. The molecule has 2 aliphatic rings. The zero-order chi connectivity index (χ0) is 19.3. The van der Waals surface area contributed by atoms with E-state index in [0.29, 0.717) is 0 Å². The summed E-state index contributed by atoms with van der Waals surface area (Å²) in [4.78, 5) is 5.68. The molecule has 10 heteroatoms. The van der Waals surface area contributed by atoms with E-state index in [2.05, 4.69) is 34.1 Å². The Hall–Kier alpha value is -1.33. The van der Waals surface area contributed by atoms with Gasteiger partial charge in [0.2, 0.25) is 0 Å². The predicted octanol–water partition coefficient (Wildman–Crippen LogP) is 7.46. The zero-order valence-electron chi connectivity index (χ0n) is 14.1. The van der Waals surface area contributed by atoms with E-state index < -0.39 is 7.81 Å². The Balaban J connectivity index is 0.000000237. The van der Waals surface area contributed by atoms with Crippen molar-refractivity contribution in [2.24, 2.45) is 0 Å². The van der Waals surface area contributed by atoms with Crippen molar-refractivity contribution in [1.82, 2.24) is 4.98 Å². The molecule has 1 aliphatic heterocycles. The largest absolute Gasteiger partial charge is 1.00 e. The molecule has 0 bridgehead atoms. The van der Waals surface area contributed by atoms with Gasteiger partial charge in [-0.1, -0.05) is 24.3 Å². The van der Waals surface area contributed by atoms with E-state index in [9.17, 15) is 25.2 Å². The second kappa shape index (κ2) is 8.36. The maximum Gasteiger partial charge on any atom is 1.00 e. The van der Waals surface area contributed by atoms with E-state index in [0.717, 1.165) is 0 Å². The van der Waals surface area contributed by atoms with Crippen molar-refractivity contribution in [2.45, 2.75) is 12.8 Å². The molecule has 1 aromatic heterocycles. The van der Waals surface area contributed by atoms with Gasteiger partial charge in [-0.05, 0) is 37.1 Å². The van der Waals surface area contributed by atoms with E-state index >= 15 is 0 Å². The predicted molar refractivity (Wildman–Crippen MR) is 95.9 cm³/mol. The summed E-state index contributed by atoms with van der Waals surface area (Å²) in [5.74, 6) is 0. The number of nitrogens with one attached hydrogen (secondary N) is 1. The molecule has 1 fully saturated rings. The zero-order valence-corrected chi connectivity index (χ0v) is 16.8. The Morgan fingerprint density at radius 2 is 1.37 bits per heavy atom. The molecule has 1 saturated heterocycles. The molecule has 2 radical (unpaired) electrons. The van der Waals surface area contributed by atoms with Crippen LogP contribution in [0.5, 0.6) is 0 Å². The third-order valence-electron chi connectivity index (χ3n) is 3.56. The van der Waals surface area contributed by atoms with Gasteiger partial charge in [-0.25, -0.2) is 0 Å². The number of aromatic nitrogens is 1. The van der Waals surface area contributed by atoms with Gasteiger partial charge in [0, 0.05) is 42.3 Å². The minimum absolute atomic E-state index is 0. The van der Waals surface area contributed by atoms with Gasteiger partial charge in [0.25, 0.3) is 0 Å². The minimum atomic E-state index is -10.7. The van der Waals surface area contributed by atoms with Crippen LogP contribution in [0.1, 0.15) is 12.8 Å². The number of aromatic amines is 1. The monoisotopic (exact) mass is 498 g/mol. The van der Waals surface area contributed by atoms with E-state index in [1.54, 1.807) is 0 Å². The van der Waals surface area contributed by atoms with Gasteiger partial charge >= 0.3 is 52.5 Å². The van der Waals surface area contributed by atoms with Crippen LogP contribution in [0.25, 0.3) is 10.9 Å². The molecule has 0 saturated carbocycles. The number of fused-ring (bicyclic) bond motifs is 1. The molecule has 0 spiro atoms. The molecule has 0 unspecified atom stereocenters. The van der Waals surface area contributed by atoms with Crippen LogP contribution in [-0.2, 0) is 19.5 Å². The second-order valence-corrected chi connectivity index (χ2v) is 7.78. The summed E-state index contributed by atoms with van der Waals surface area (Å²) < 4.78 is 59.2. The summed E-state index contributed by atoms with van der Waals surface area (Å²) >= 11 is 0. The number of hydrogen-bond acceptors (Lipinski definition) is 1. The van der Waals surface area contributed by atoms with Gasteiger partial charge in [-0.2, -0.15) is 0 Å². The third kappa shape index (κ3) is 11.2. The maximum atomic E-state index is 9.87. The van der Waals surface area contributed by atoms with Gasteiger partial charge in [-0.3, -0.25) is 0 Å². The molecule has 0 atom stereocenters. The van der Waals surface area contributed by atoms with Crippen molar-refractivity contribution >= 4 is 24.4 Å². The molecular weight excluding hydrogens is 478 g/mol. The van der Waals surface area contributed by atoms with Gasteiger partial charge in [0.05, 0.1) is 0 Å². The molecule has 2 aromatic rings. The van der Waals surface area contributed by atoms with Crippen molar-refractivity contribution in [3.63, 3.8) is 0 Å². The van der Waals surface area contributed by atoms with Crippen molar-refractivity contribution in [1.29, 1.82) is 0 Å². The number of rotatable bonds is 1. The standard InChI is InChI=1S/C12H14N2.C5H5.F6P.Ru/c1-2-8-14(7-1)11-3-4-12-10(9-11)5-6-13-12;1-2-4-5-3-1;1-7(2,3,4,5)6;/h3-6,9,13H,1-2,7-8H2;1-5H;;/q;;-1;+1. The molecule has 1 aliphatic carbocycles. The minimum Gasteiger partial charge on any atom is -0.372 e. The first-order chi connectivity index (χ1) is 11.9. The summed E-state index contributed by atoms with van der Waals surface area (Å²) in [5, 5.41) is 1.31. The Morgan fingerprint density at radius 3 is 1.85 bits per heavy atom. The Kier molecular flexibility index (Phi) is 7.34. The van der Waals surface area contributed by atoms with Gasteiger partial charge in [0.15, 0.2) is 0 Å². The number of hydrogen-bond donors (Lipinski definition) is 1. The van der Waals surface area contributed by atoms with Crippen molar-refractivity contribution in [2.75, 3.05) is 18.0 Å². The first-order valence-electron chi connectivity index (χ1n) is 7.94. The molecule has 27 heavy (non-hydrogen) atoms. The van der Waals surface area contributed by atoms with E-state index in [1.807, 2.05) is 36.9 Å². The van der Waals surface area contributed by atoms with Crippen LogP contribution in [0, 0.1) is 6.42 Å². The Labute approximate surface area is 166 Å².